The van der Waals surface area contributed by atoms with Crippen LogP contribution < -0.4 is 0 Å². The third-order valence-corrected chi connectivity index (χ3v) is 21.8. The molecular formula is C85H166O17P2. The van der Waals surface area contributed by atoms with Crippen molar-refractivity contribution in [2.45, 2.75) is 465 Å². The number of phosphoric ester groups is 2. The number of aliphatic hydroxyl groups excluding tert-OH is 1. The Morgan fingerprint density at radius 3 is 0.654 bits per heavy atom. The third-order valence-electron chi connectivity index (χ3n) is 19.9. The molecule has 0 heterocycles. The lowest BCUT2D eigenvalue weighted by Gasteiger charge is -2.21. The lowest BCUT2D eigenvalue weighted by Crippen LogP contribution is -2.30. The lowest BCUT2D eigenvalue weighted by atomic mass is 10.0. The summed E-state index contributed by atoms with van der Waals surface area (Å²) in [7, 11) is -9.93. The van der Waals surface area contributed by atoms with Gasteiger partial charge in [0.15, 0.2) is 12.2 Å². The van der Waals surface area contributed by atoms with Gasteiger partial charge in [-0.05, 0) is 43.4 Å². The Morgan fingerprint density at radius 1 is 0.260 bits per heavy atom. The molecule has 0 aromatic rings. The number of aliphatic hydroxyl groups is 1. The van der Waals surface area contributed by atoms with Crippen LogP contribution in [0.25, 0.3) is 0 Å². The van der Waals surface area contributed by atoms with Crippen molar-refractivity contribution in [3.8, 4) is 0 Å². The molecule has 0 aliphatic rings. The number of phosphoric acid groups is 2. The molecule has 618 valence electrons. The number of hydrogen-bond acceptors (Lipinski definition) is 15. The van der Waals surface area contributed by atoms with Crippen LogP contribution in [0.5, 0.6) is 0 Å². The molecule has 2 unspecified atom stereocenters. The second kappa shape index (κ2) is 75.1. The van der Waals surface area contributed by atoms with Gasteiger partial charge in [0.25, 0.3) is 0 Å². The highest BCUT2D eigenvalue weighted by Gasteiger charge is 2.30. The Morgan fingerprint density at radius 2 is 0.442 bits per heavy atom. The fourth-order valence-electron chi connectivity index (χ4n) is 13.2. The fraction of sp³-hybridized carbons (Fsp3) is 0.953. The van der Waals surface area contributed by atoms with Crippen molar-refractivity contribution in [1.29, 1.82) is 0 Å². The molecule has 0 aromatic carbocycles. The Balaban J connectivity index is 5.23. The van der Waals surface area contributed by atoms with Gasteiger partial charge >= 0.3 is 39.5 Å². The number of esters is 4. The van der Waals surface area contributed by atoms with E-state index < -0.39 is 97.5 Å². The molecule has 5 atom stereocenters. The molecule has 19 heteroatoms. The summed E-state index contributed by atoms with van der Waals surface area (Å²) in [4.78, 5) is 73.2. The topological polar surface area (TPSA) is 237 Å². The van der Waals surface area contributed by atoms with Crippen molar-refractivity contribution in [3.63, 3.8) is 0 Å². The van der Waals surface area contributed by atoms with Gasteiger partial charge in [-0.3, -0.25) is 37.3 Å². The summed E-state index contributed by atoms with van der Waals surface area (Å²) in [5, 5.41) is 10.7. The smallest absolute Gasteiger partial charge is 0.462 e. The van der Waals surface area contributed by atoms with Crippen LogP contribution in [0.15, 0.2) is 0 Å². The van der Waals surface area contributed by atoms with Gasteiger partial charge < -0.3 is 33.8 Å². The molecule has 0 saturated heterocycles. The Labute approximate surface area is 638 Å². The molecule has 0 amide bonds. The predicted octanol–water partition coefficient (Wildman–Crippen LogP) is 25.7. The molecule has 0 aromatic heterocycles. The first kappa shape index (κ1) is 102. The zero-order valence-corrected chi connectivity index (χ0v) is 70.3. The average molecular weight is 1520 g/mol. The van der Waals surface area contributed by atoms with Gasteiger partial charge in [0.2, 0.25) is 0 Å². The summed E-state index contributed by atoms with van der Waals surface area (Å²) in [6.07, 6.45) is 65.4. The van der Waals surface area contributed by atoms with Gasteiger partial charge in [-0.25, -0.2) is 9.13 Å². The molecule has 0 aliphatic heterocycles. The van der Waals surface area contributed by atoms with E-state index in [4.69, 9.17) is 37.0 Å². The van der Waals surface area contributed by atoms with Crippen LogP contribution >= 0.6 is 15.6 Å². The highest BCUT2D eigenvalue weighted by Crippen LogP contribution is 2.45. The van der Waals surface area contributed by atoms with Gasteiger partial charge in [-0.2, -0.15) is 0 Å². The Bertz CT molecular complexity index is 2010. The van der Waals surface area contributed by atoms with E-state index in [1.54, 1.807) is 0 Å². The highest BCUT2D eigenvalue weighted by atomic mass is 31.2. The monoisotopic (exact) mass is 1520 g/mol. The van der Waals surface area contributed by atoms with Crippen LogP contribution in [0.4, 0.5) is 0 Å². The summed E-state index contributed by atoms with van der Waals surface area (Å²) in [5.41, 5.74) is 0. The van der Waals surface area contributed by atoms with Crippen molar-refractivity contribution < 1.29 is 80.2 Å². The zero-order chi connectivity index (χ0) is 76.5. The van der Waals surface area contributed by atoms with Crippen molar-refractivity contribution >= 4 is 39.5 Å². The first-order valence-electron chi connectivity index (χ1n) is 43.8. The summed E-state index contributed by atoms with van der Waals surface area (Å²) < 4.78 is 68.9. The summed E-state index contributed by atoms with van der Waals surface area (Å²) in [6.45, 7) is 12.0. The van der Waals surface area contributed by atoms with Gasteiger partial charge in [0.1, 0.15) is 19.3 Å². The summed E-state index contributed by atoms with van der Waals surface area (Å²) in [5.74, 6) is 0.192. The molecular weight excluding hydrogens is 1350 g/mol. The minimum atomic E-state index is -4.97. The van der Waals surface area contributed by atoms with Crippen LogP contribution in [-0.4, -0.2) is 96.7 Å². The van der Waals surface area contributed by atoms with Crippen LogP contribution in [0, 0.1) is 17.8 Å². The molecule has 17 nitrogen and oxygen atoms in total. The maximum Gasteiger partial charge on any atom is 0.472 e. The van der Waals surface area contributed by atoms with Gasteiger partial charge in [0, 0.05) is 25.7 Å². The normalized spacial score (nSPS) is 13.9. The van der Waals surface area contributed by atoms with E-state index in [-0.39, 0.29) is 25.7 Å². The molecule has 0 fully saturated rings. The van der Waals surface area contributed by atoms with Crippen LogP contribution in [0.1, 0.15) is 447 Å². The van der Waals surface area contributed by atoms with E-state index in [1.165, 1.54) is 250 Å². The van der Waals surface area contributed by atoms with Crippen LogP contribution in [0.3, 0.4) is 0 Å². The standard InChI is InChI=1S/C85H166O17P2/c1-8-9-10-11-12-13-14-15-16-17-18-19-20-21-29-34-39-46-54-61-68-84(89)101-80(72-95-82(87)66-59-52-45-38-33-28-24-22-26-31-36-42-49-56-63-76(2)3)74-99-103(91,92)97-70-79(86)71-98-104(93,94)100-75-81(73-96-83(88)67-60-53-48-41-44-51-58-65-78(6)7)102-85(90)69-62-55-47-40-35-30-25-23-27-32-37-43-50-57-64-77(4)5/h76-81,86H,8-75H2,1-7H3,(H,91,92)(H,93,94)/t79-,80-,81-/m1/s1. The molecule has 3 N–H and O–H groups in total. The Hall–Kier alpha value is -1.94. The fourth-order valence-corrected chi connectivity index (χ4v) is 14.8. The molecule has 0 bridgehead atoms. The SMILES string of the molecule is CCCCCCCCCCCCCCCCCCCCCCC(=O)O[C@H](COC(=O)CCCCCCCCCCCCCCCCC(C)C)COP(=O)(O)OC[C@@H](O)COP(=O)(O)OC[C@@H](COC(=O)CCCCCCCCCC(C)C)OC(=O)CCCCCCCCCCCCCCCCC(C)C. The molecule has 0 spiro atoms. The second-order valence-electron chi connectivity index (χ2n) is 32.0. The molecule has 104 heavy (non-hydrogen) atoms. The quantitative estimate of drug-likeness (QED) is 0.0222. The lowest BCUT2D eigenvalue weighted by molar-refractivity contribution is -0.161. The van der Waals surface area contributed by atoms with Crippen molar-refractivity contribution in [2.75, 3.05) is 39.6 Å². The van der Waals surface area contributed by atoms with E-state index >= 15 is 0 Å². The van der Waals surface area contributed by atoms with Crippen molar-refractivity contribution in [1.82, 2.24) is 0 Å². The maximum atomic E-state index is 13.1. The van der Waals surface area contributed by atoms with Crippen molar-refractivity contribution in [2.24, 2.45) is 17.8 Å². The zero-order valence-electron chi connectivity index (χ0n) is 68.5. The highest BCUT2D eigenvalue weighted by molar-refractivity contribution is 7.47. The summed E-state index contributed by atoms with van der Waals surface area (Å²) in [6, 6.07) is 0. The number of unbranched alkanes of at least 4 members (excludes halogenated alkanes) is 51. The van der Waals surface area contributed by atoms with E-state index in [9.17, 15) is 43.2 Å². The molecule has 0 aliphatic carbocycles. The van der Waals surface area contributed by atoms with E-state index in [1.807, 2.05) is 0 Å². The first-order chi connectivity index (χ1) is 50.2. The number of rotatable bonds is 83. The minimum absolute atomic E-state index is 0.107. The second-order valence-corrected chi connectivity index (χ2v) is 34.9. The third kappa shape index (κ3) is 78.2. The summed E-state index contributed by atoms with van der Waals surface area (Å²) >= 11 is 0. The number of ether oxygens (including phenoxy) is 4. The first-order valence-corrected chi connectivity index (χ1v) is 46.8. The molecule has 0 radical (unpaired) electrons. The predicted molar refractivity (Wildman–Crippen MR) is 428 cm³/mol. The van der Waals surface area contributed by atoms with Gasteiger partial charge in [0.05, 0.1) is 26.4 Å². The van der Waals surface area contributed by atoms with E-state index in [2.05, 4.69) is 48.5 Å². The number of carbonyl (C=O) groups excluding carboxylic acids is 4. The minimum Gasteiger partial charge on any atom is -0.462 e. The molecule has 0 saturated carbocycles. The van der Waals surface area contributed by atoms with Crippen LogP contribution in [0.2, 0.25) is 0 Å². The average Bonchev–Trinajstić information content (AvgIpc) is 0.902. The van der Waals surface area contributed by atoms with E-state index in [0.29, 0.717) is 31.6 Å². The number of hydrogen-bond donors (Lipinski definition) is 3. The van der Waals surface area contributed by atoms with Gasteiger partial charge in [-0.15, -0.1) is 0 Å². The van der Waals surface area contributed by atoms with Crippen molar-refractivity contribution in [3.05, 3.63) is 0 Å². The van der Waals surface area contributed by atoms with Crippen LogP contribution in [-0.2, 0) is 65.4 Å². The maximum absolute atomic E-state index is 13.1. The van der Waals surface area contributed by atoms with Gasteiger partial charge in [-0.1, -0.05) is 395 Å². The largest absolute Gasteiger partial charge is 0.472 e. The Kier molecular flexibility index (Phi) is 73.7. The van der Waals surface area contributed by atoms with E-state index in [0.717, 1.165) is 108 Å². The number of carbonyl (C=O) groups is 4. The molecule has 0 rings (SSSR count).